The maximum absolute atomic E-state index is 11.4. The minimum atomic E-state index is -0.399. The molecule has 0 radical (unpaired) electrons. The van der Waals surface area contributed by atoms with Gasteiger partial charge in [-0.15, -0.1) is 0 Å². The van der Waals surface area contributed by atoms with Crippen LogP contribution in [0, 0.1) is 23.7 Å². The number of carbonyl (C=O) groups is 1. The first-order valence-electron chi connectivity index (χ1n) is 6.33. The Morgan fingerprint density at radius 2 is 2.00 bits per heavy atom. The van der Waals surface area contributed by atoms with E-state index in [1.165, 1.54) is 25.7 Å². The monoisotopic (exact) mass is 208 g/mol. The van der Waals surface area contributed by atoms with Crippen LogP contribution in [0.15, 0.2) is 0 Å². The van der Waals surface area contributed by atoms with Crippen molar-refractivity contribution in [2.75, 3.05) is 0 Å². The Morgan fingerprint density at radius 1 is 1.20 bits per heavy atom. The number of aldehydes is 1. The Morgan fingerprint density at radius 3 is 2.73 bits per heavy atom. The van der Waals surface area contributed by atoms with E-state index in [0.29, 0.717) is 23.9 Å². The third kappa shape index (κ3) is 1.06. The van der Waals surface area contributed by atoms with Crippen LogP contribution in [0.3, 0.4) is 0 Å². The van der Waals surface area contributed by atoms with Gasteiger partial charge in [0.05, 0.1) is 6.10 Å². The highest BCUT2D eigenvalue weighted by Gasteiger charge is 2.62. The van der Waals surface area contributed by atoms with Gasteiger partial charge >= 0.3 is 0 Å². The van der Waals surface area contributed by atoms with Gasteiger partial charge in [0.25, 0.3) is 0 Å². The van der Waals surface area contributed by atoms with Crippen LogP contribution in [0.1, 0.15) is 39.5 Å². The minimum absolute atomic E-state index is 0.387. The quantitative estimate of drug-likeness (QED) is 0.619. The summed E-state index contributed by atoms with van der Waals surface area (Å²) in [5.41, 5.74) is -0.399. The zero-order chi connectivity index (χ0) is 10.6. The third-order valence-electron chi connectivity index (χ3n) is 5.26. The van der Waals surface area contributed by atoms with Gasteiger partial charge in [-0.25, -0.2) is 0 Å². The van der Waals surface area contributed by atoms with Gasteiger partial charge in [0.2, 0.25) is 0 Å². The highest BCUT2D eigenvalue weighted by atomic mass is 16.5. The van der Waals surface area contributed by atoms with Gasteiger partial charge < -0.3 is 9.53 Å². The van der Waals surface area contributed by atoms with Gasteiger partial charge in [-0.05, 0) is 43.4 Å². The molecule has 2 nitrogen and oxygen atoms in total. The predicted molar refractivity (Wildman–Crippen MR) is 57.4 cm³/mol. The Hall–Kier alpha value is -0.370. The lowest BCUT2D eigenvalue weighted by molar-refractivity contribution is -0.137. The van der Waals surface area contributed by atoms with E-state index in [2.05, 4.69) is 13.8 Å². The van der Waals surface area contributed by atoms with Gasteiger partial charge in [-0.2, -0.15) is 0 Å². The van der Waals surface area contributed by atoms with E-state index in [1.807, 2.05) is 0 Å². The maximum atomic E-state index is 11.4. The lowest BCUT2D eigenvalue weighted by Gasteiger charge is -2.29. The first-order valence-corrected chi connectivity index (χ1v) is 6.33. The van der Waals surface area contributed by atoms with E-state index < -0.39 is 5.60 Å². The summed E-state index contributed by atoms with van der Waals surface area (Å²) in [7, 11) is 0. The lowest BCUT2D eigenvalue weighted by Crippen LogP contribution is -2.40. The van der Waals surface area contributed by atoms with Crippen molar-refractivity contribution in [3.63, 3.8) is 0 Å². The third-order valence-corrected chi connectivity index (χ3v) is 5.26. The van der Waals surface area contributed by atoms with Crippen LogP contribution in [0.4, 0.5) is 0 Å². The number of ether oxygens (including phenoxy) is 1. The molecule has 3 fully saturated rings. The van der Waals surface area contributed by atoms with Crippen LogP contribution in [0.5, 0.6) is 0 Å². The van der Waals surface area contributed by atoms with E-state index in [0.717, 1.165) is 12.2 Å². The van der Waals surface area contributed by atoms with Gasteiger partial charge in [-0.1, -0.05) is 13.8 Å². The average Bonchev–Trinajstić information content (AvgIpc) is 2.81. The van der Waals surface area contributed by atoms with Crippen molar-refractivity contribution < 1.29 is 9.53 Å². The number of hydrogen-bond acceptors (Lipinski definition) is 2. The average molecular weight is 208 g/mol. The Balaban J connectivity index is 1.97. The largest absolute Gasteiger partial charge is 0.363 e. The summed E-state index contributed by atoms with van der Waals surface area (Å²) >= 11 is 0. The van der Waals surface area contributed by atoms with Crippen LogP contribution in [-0.2, 0) is 9.53 Å². The lowest BCUT2D eigenvalue weighted by atomic mass is 9.77. The molecule has 0 aromatic rings. The summed E-state index contributed by atoms with van der Waals surface area (Å²) in [5, 5.41) is 0. The Kier molecular flexibility index (Phi) is 2.01. The minimum Gasteiger partial charge on any atom is -0.363 e. The number of fused-ring (bicyclic) bond motifs is 3. The van der Waals surface area contributed by atoms with Crippen molar-refractivity contribution in [1.29, 1.82) is 0 Å². The van der Waals surface area contributed by atoms with Crippen molar-refractivity contribution in [2.45, 2.75) is 51.2 Å². The van der Waals surface area contributed by atoms with E-state index in [9.17, 15) is 4.79 Å². The predicted octanol–water partition coefficient (Wildman–Crippen LogP) is 2.42. The normalized spacial score (nSPS) is 57.9. The van der Waals surface area contributed by atoms with Crippen LogP contribution < -0.4 is 0 Å². The summed E-state index contributed by atoms with van der Waals surface area (Å²) in [6.07, 6.45) is 6.34. The summed E-state index contributed by atoms with van der Waals surface area (Å²) in [6.45, 7) is 4.51. The second kappa shape index (κ2) is 3.07. The molecule has 0 aromatic carbocycles. The second-order valence-electron chi connectivity index (χ2n) is 5.84. The molecule has 2 heteroatoms. The van der Waals surface area contributed by atoms with Gasteiger partial charge in [-0.3, -0.25) is 0 Å². The molecule has 1 heterocycles. The van der Waals surface area contributed by atoms with E-state index >= 15 is 0 Å². The molecule has 6 atom stereocenters. The molecule has 2 saturated carbocycles. The molecule has 0 spiro atoms. The molecule has 15 heavy (non-hydrogen) atoms. The molecule has 0 bridgehead atoms. The molecule has 0 amide bonds. The number of carbonyl (C=O) groups excluding carboxylic acids is 1. The first kappa shape index (κ1) is 9.83. The topological polar surface area (TPSA) is 26.3 Å². The highest BCUT2D eigenvalue weighted by molar-refractivity contribution is 5.65. The molecular weight excluding hydrogens is 188 g/mol. The second-order valence-corrected chi connectivity index (χ2v) is 5.84. The van der Waals surface area contributed by atoms with E-state index in [4.69, 9.17) is 4.74 Å². The molecule has 3 rings (SSSR count). The van der Waals surface area contributed by atoms with Crippen LogP contribution in [0.25, 0.3) is 0 Å². The molecule has 3 aliphatic rings. The fraction of sp³-hybridized carbons (Fsp3) is 0.923. The Labute approximate surface area is 91.4 Å². The first-order chi connectivity index (χ1) is 7.19. The molecule has 0 N–H and O–H groups in total. The zero-order valence-electron chi connectivity index (χ0n) is 9.61. The fourth-order valence-electron chi connectivity index (χ4n) is 4.41. The van der Waals surface area contributed by atoms with Crippen LogP contribution in [0.2, 0.25) is 0 Å². The van der Waals surface area contributed by atoms with Crippen molar-refractivity contribution in [1.82, 2.24) is 0 Å². The van der Waals surface area contributed by atoms with Gasteiger partial charge in [0, 0.05) is 5.92 Å². The fourth-order valence-corrected chi connectivity index (χ4v) is 4.41. The summed E-state index contributed by atoms with van der Waals surface area (Å²) < 4.78 is 6.16. The molecule has 1 aliphatic heterocycles. The summed E-state index contributed by atoms with van der Waals surface area (Å²) in [4.78, 5) is 11.4. The van der Waals surface area contributed by atoms with Crippen LogP contribution in [-0.4, -0.2) is 18.0 Å². The summed E-state index contributed by atoms with van der Waals surface area (Å²) in [6, 6.07) is 0. The van der Waals surface area contributed by atoms with Crippen molar-refractivity contribution >= 4 is 6.29 Å². The molecule has 1 saturated heterocycles. The number of rotatable bonds is 1. The molecule has 6 unspecified atom stereocenters. The molecule has 2 aliphatic carbocycles. The molecule has 84 valence electrons. The Bertz CT molecular complexity index is 288. The van der Waals surface area contributed by atoms with Crippen molar-refractivity contribution in [3.05, 3.63) is 0 Å². The van der Waals surface area contributed by atoms with Gasteiger partial charge in [0.15, 0.2) is 6.29 Å². The molecular formula is C13H20O2. The van der Waals surface area contributed by atoms with Crippen molar-refractivity contribution in [3.8, 4) is 0 Å². The SMILES string of the molecule is CC1CCC2OC3(C=O)C(C)CCC3C12. The molecule has 0 aromatic heterocycles. The highest BCUT2D eigenvalue weighted by Crippen LogP contribution is 2.58. The smallest absolute Gasteiger partial charge is 0.152 e. The zero-order valence-corrected chi connectivity index (χ0v) is 9.61. The van der Waals surface area contributed by atoms with E-state index in [-0.39, 0.29) is 0 Å². The standard InChI is InChI=1S/C13H20O2/c1-8-3-6-11-12(8)10-5-4-9(2)13(10,7-14)15-11/h7-12H,3-6H2,1-2H3. The van der Waals surface area contributed by atoms with Crippen LogP contribution >= 0.6 is 0 Å². The maximum Gasteiger partial charge on any atom is 0.152 e. The van der Waals surface area contributed by atoms with E-state index in [1.54, 1.807) is 0 Å². The van der Waals surface area contributed by atoms with Crippen molar-refractivity contribution in [2.24, 2.45) is 23.7 Å². The van der Waals surface area contributed by atoms with Gasteiger partial charge in [0.1, 0.15) is 5.60 Å². The summed E-state index contributed by atoms with van der Waals surface area (Å²) in [5.74, 6) is 2.37. The number of hydrogen-bond donors (Lipinski definition) is 0.